The van der Waals surface area contributed by atoms with Gasteiger partial charge in [0.1, 0.15) is 5.82 Å². The summed E-state index contributed by atoms with van der Waals surface area (Å²) in [5.41, 5.74) is 0.900. The van der Waals surface area contributed by atoms with E-state index in [2.05, 4.69) is 34.4 Å². The zero-order valence-corrected chi connectivity index (χ0v) is 13.5. The summed E-state index contributed by atoms with van der Waals surface area (Å²) in [5, 5.41) is 6.55. The van der Waals surface area contributed by atoms with Crippen LogP contribution in [0.15, 0.2) is 29.3 Å². The zero-order chi connectivity index (χ0) is 15.7. The van der Waals surface area contributed by atoms with Gasteiger partial charge in [-0.2, -0.15) is 0 Å². The second-order valence-electron chi connectivity index (χ2n) is 5.53. The molecule has 0 fully saturated rings. The lowest BCUT2D eigenvalue weighted by molar-refractivity contribution is 0.612. The highest BCUT2D eigenvalue weighted by Gasteiger charge is 2.03. The van der Waals surface area contributed by atoms with Gasteiger partial charge in [0.2, 0.25) is 0 Å². The first-order chi connectivity index (χ1) is 10.0. The quantitative estimate of drug-likeness (QED) is 0.461. The molecule has 0 aromatic heterocycles. The molecule has 0 radical (unpaired) electrons. The van der Waals surface area contributed by atoms with E-state index < -0.39 is 0 Å². The molecule has 0 amide bonds. The van der Waals surface area contributed by atoms with Gasteiger partial charge in [0, 0.05) is 39.4 Å². The molecule has 0 saturated heterocycles. The van der Waals surface area contributed by atoms with Gasteiger partial charge in [-0.05, 0) is 30.5 Å². The summed E-state index contributed by atoms with van der Waals surface area (Å²) in [4.78, 5) is 6.23. The first-order valence-corrected chi connectivity index (χ1v) is 7.44. The maximum atomic E-state index is 13.2. The SMILES string of the molecule is CN=C(NCCCN(C)c1cccc(F)c1)NCC(C)C. The number of guanidine groups is 1. The molecule has 0 unspecified atom stereocenters. The molecule has 4 nitrogen and oxygen atoms in total. The van der Waals surface area contributed by atoms with Crippen molar-refractivity contribution >= 4 is 11.6 Å². The van der Waals surface area contributed by atoms with Crippen LogP contribution in [0.25, 0.3) is 0 Å². The van der Waals surface area contributed by atoms with Gasteiger partial charge in [0.05, 0.1) is 0 Å². The third-order valence-electron chi connectivity index (χ3n) is 3.11. The maximum Gasteiger partial charge on any atom is 0.190 e. The Kier molecular flexibility index (Phi) is 7.58. The summed E-state index contributed by atoms with van der Waals surface area (Å²) in [5.74, 6) is 1.22. The van der Waals surface area contributed by atoms with E-state index in [4.69, 9.17) is 0 Å². The highest BCUT2D eigenvalue weighted by molar-refractivity contribution is 5.79. The Morgan fingerprint density at radius 2 is 2.10 bits per heavy atom. The van der Waals surface area contributed by atoms with Crippen LogP contribution < -0.4 is 15.5 Å². The predicted molar refractivity (Wildman–Crippen MR) is 88.5 cm³/mol. The van der Waals surface area contributed by atoms with Crippen LogP contribution >= 0.6 is 0 Å². The molecule has 5 heteroatoms. The van der Waals surface area contributed by atoms with Crippen molar-refractivity contribution in [3.05, 3.63) is 30.1 Å². The summed E-state index contributed by atoms with van der Waals surface area (Å²) < 4.78 is 13.2. The van der Waals surface area contributed by atoms with E-state index in [0.29, 0.717) is 5.92 Å². The number of rotatable bonds is 7. The molecule has 0 aliphatic heterocycles. The molecule has 1 aromatic rings. The minimum Gasteiger partial charge on any atom is -0.374 e. The van der Waals surface area contributed by atoms with Crippen LogP contribution in [-0.4, -0.2) is 39.7 Å². The van der Waals surface area contributed by atoms with Crippen molar-refractivity contribution in [1.29, 1.82) is 0 Å². The number of nitrogens with one attached hydrogen (secondary N) is 2. The molecular formula is C16H27FN4. The normalized spacial score (nSPS) is 11.6. The fraction of sp³-hybridized carbons (Fsp3) is 0.562. The lowest BCUT2D eigenvalue weighted by Crippen LogP contribution is -2.40. The Hall–Kier alpha value is -1.78. The Morgan fingerprint density at radius 1 is 1.33 bits per heavy atom. The smallest absolute Gasteiger partial charge is 0.190 e. The van der Waals surface area contributed by atoms with Crippen molar-refractivity contribution < 1.29 is 4.39 Å². The van der Waals surface area contributed by atoms with Gasteiger partial charge in [-0.3, -0.25) is 4.99 Å². The third-order valence-corrected chi connectivity index (χ3v) is 3.11. The standard InChI is InChI=1S/C16H27FN4/c1-13(2)12-20-16(18-3)19-9-6-10-21(4)15-8-5-7-14(17)11-15/h5,7-8,11,13H,6,9-10,12H2,1-4H3,(H2,18,19,20). The molecule has 118 valence electrons. The summed E-state index contributed by atoms with van der Waals surface area (Å²) in [6.45, 7) is 6.92. The van der Waals surface area contributed by atoms with Crippen LogP contribution in [0.2, 0.25) is 0 Å². The van der Waals surface area contributed by atoms with E-state index in [1.165, 1.54) is 6.07 Å². The Balaban J connectivity index is 2.27. The third kappa shape index (κ3) is 6.97. The number of benzene rings is 1. The van der Waals surface area contributed by atoms with Crippen LogP contribution in [0.5, 0.6) is 0 Å². The first kappa shape index (κ1) is 17.3. The van der Waals surface area contributed by atoms with Crippen molar-refractivity contribution in [2.75, 3.05) is 38.6 Å². The molecule has 0 atom stereocenters. The summed E-state index contributed by atoms with van der Waals surface area (Å²) in [7, 11) is 3.75. The van der Waals surface area contributed by atoms with Crippen molar-refractivity contribution in [3.8, 4) is 0 Å². The van der Waals surface area contributed by atoms with E-state index >= 15 is 0 Å². The molecular weight excluding hydrogens is 267 g/mol. The molecule has 1 rings (SSSR count). The van der Waals surface area contributed by atoms with Crippen LogP contribution in [0.1, 0.15) is 20.3 Å². The number of hydrogen-bond acceptors (Lipinski definition) is 2. The Labute approximate surface area is 127 Å². The second kappa shape index (κ2) is 9.21. The van der Waals surface area contributed by atoms with Gasteiger partial charge in [0.15, 0.2) is 5.96 Å². The zero-order valence-electron chi connectivity index (χ0n) is 13.5. The fourth-order valence-electron chi connectivity index (χ4n) is 1.89. The van der Waals surface area contributed by atoms with E-state index in [1.807, 2.05) is 13.1 Å². The van der Waals surface area contributed by atoms with Crippen LogP contribution in [0.4, 0.5) is 10.1 Å². The summed E-state index contributed by atoms with van der Waals surface area (Å²) in [6.07, 6.45) is 0.954. The first-order valence-electron chi connectivity index (χ1n) is 7.44. The summed E-state index contributed by atoms with van der Waals surface area (Å²) >= 11 is 0. The minimum absolute atomic E-state index is 0.198. The molecule has 21 heavy (non-hydrogen) atoms. The Bertz CT molecular complexity index is 446. The topological polar surface area (TPSA) is 39.7 Å². The van der Waals surface area contributed by atoms with Gasteiger partial charge in [-0.1, -0.05) is 19.9 Å². The molecule has 0 saturated carbocycles. The van der Waals surface area contributed by atoms with Crippen LogP contribution in [0, 0.1) is 11.7 Å². The molecule has 1 aromatic carbocycles. The van der Waals surface area contributed by atoms with E-state index in [-0.39, 0.29) is 5.82 Å². The monoisotopic (exact) mass is 294 g/mol. The highest BCUT2D eigenvalue weighted by Crippen LogP contribution is 2.13. The maximum absolute atomic E-state index is 13.2. The number of hydrogen-bond donors (Lipinski definition) is 2. The van der Waals surface area contributed by atoms with Gasteiger partial charge in [0.25, 0.3) is 0 Å². The highest BCUT2D eigenvalue weighted by atomic mass is 19.1. The van der Waals surface area contributed by atoms with Gasteiger partial charge in [-0.15, -0.1) is 0 Å². The van der Waals surface area contributed by atoms with Gasteiger partial charge >= 0.3 is 0 Å². The number of aliphatic imine (C=N–C) groups is 1. The number of nitrogens with zero attached hydrogens (tertiary/aromatic N) is 2. The van der Waals surface area contributed by atoms with E-state index in [1.54, 1.807) is 19.2 Å². The van der Waals surface area contributed by atoms with E-state index in [0.717, 1.165) is 37.7 Å². The van der Waals surface area contributed by atoms with Gasteiger partial charge < -0.3 is 15.5 Å². The lowest BCUT2D eigenvalue weighted by Gasteiger charge is -2.20. The predicted octanol–water partition coefficient (Wildman–Crippen LogP) is 2.47. The average molecular weight is 294 g/mol. The van der Waals surface area contributed by atoms with Crippen LogP contribution in [-0.2, 0) is 0 Å². The molecule has 0 heterocycles. The van der Waals surface area contributed by atoms with Crippen molar-refractivity contribution in [2.45, 2.75) is 20.3 Å². The molecule has 2 N–H and O–H groups in total. The van der Waals surface area contributed by atoms with E-state index in [9.17, 15) is 4.39 Å². The van der Waals surface area contributed by atoms with Crippen LogP contribution in [0.3, 0.4) is 0 Å². The van der Waals surface area contributed by atoms with Crippen molar-refractivity contribution in [3.63, 3.8) is 0 Å². The Morgan fingerprint density at radius 3 is 2.71 bits per heavy atom. The summed E-state index contributed by atoms with van der Waals surface area (Å²) in [6, 6.07) is 6.66. The minimum atomic E-state index is -0.198. The largest absolute Gasteiger partial charge is 0.374 e. The average Bonchev–Trinajstić information content (AvgIpc) is 2.46. The lowest BCUT2D eigenvalue weighted by atomic mass is 10.2. The number of anilines is 1. The molecule has 0 aliphatic rings. The van der Waals surface area contributed by atoms with Crippen molar-refractivity contribution in [2.24, 2.45) is 10.9 Å². The molecule has 0 bridgehead atoms. The number of halogens is 1. The van der Waals surface area contributed by atoms with Crippen molar-refractivity contribution in [1.82, 2.24) is 10.6 Å². The molecule has 0 aliphatic carbocycles. The second-order valence-corrected chi connectivity index (χ2v) is 5.53. The molecule has 0 spiro atoms. The fourth-order valence-corrected chi connectivity index (χ4v) is 1.89. The van der Waals surface area contributed by atoms with Gasteiger partial charge in [-0.25, -0.2) is 4.39 Å².